The maximum atomic E-state index is 12.5. The number of carboxylic acid groups (broad SMARTS) is 1. The van der Waals surface area contributed by atoms with E-state index in [4.69, 9.17) is 9.47 Å². The molecule has 0 saturated heterocycles. The highest BCUT2D eigenvalue weighted by atomic mass is 16.6. The molecule has 2 atom stereocenters. The van der Waals surface area contributed by atoms with Crippen LogP contribution in [0.2, 0.25) is 0 Å². The van der Waals surface area contributed by atoms with Crippen LogP contribution in [-0.4, -0.2) is 51.2 Å². The molecule has 3 rings (SSSR count). The van der Waals surface area contributed by atoms with Gasteiger partial charge in [0, 0.05) is 6.07 Å². The summed E-state index contributed by atoms with van der Waals surface area (Å²) < 4.78 is 12.6. The molecule has 0 aliphatic carbocycles. The fourth-order valence-corrected chi connectivity index (χ4v) is 2.84. The van der Waals surface area contributed by atoms with Crippen molar-refractivity contribution in [1.82, 2.24) is 20.3 Å². The van der Waals surface area contributed by atoms with Crippen molar-refractivity contribution < 1.29 is 24.2 Å². The Hall–Kier alpha value is -3.10. The highest BCUT2D eigenvalue weighted by Gasteiger charge is 2.28. The maximum absolute atomic E-state index is 12.5. The van der Waals surface area contributed by atoms with Gasteiger partial charge in [0.05, 0.1) is 11.4 Å². The predicted molar refractivity (Wildman–Crippen MR) is 95.4 cm³/mol. The Morgan fingerprint density at radius 3 is 2.67 bits per heavy atom. The Balaban J connectivity index is 1.84. The summed E-state index contributed by atoms with van der Waals surface area (Å²) in [6, 6.07) is 4.34. The molecule has 0 saturated carbocycles. The van der Waals surface area contributed by atoms with Crippen molar-refractivity contribution in [1.29, 1.82) is 0 Å². The zero-order chi connectivity index (χ0) is 19.6. The molecular weight excluding hydrogens is 352 g/mol. The molecule has 144 valence electrons. The van der Waals surface area contributed by atoms with Crippen LogP contribution in [0.25, 0.3) is 5.69 Å². The quantitative estimate of drug-likeness (QED) is 0.788. The molecule has 0 radical (unpaired) electrons. The van der Waals surface area contributed by atoms with Crippen LogP contribution >= 0.6 is 0 Å². The van der Waals surface area contributed by atoms with Crippen LogP contribution in [-0.2, 0) is 4.79 Å². The Labute approximate surface area is 156 Å². The number of carboxylic acids is 1. The number of carbonyl (C=O) groups is 2. The van der Waals surface area contributed by atoms with E-state index in [0.717, 1.165) is 0 Å². The standard InChI is InChI=1S/C18H22N4O5/c1-4-10(2)15(18(24)25)19-17(23)16-11(3)22(21-20-16)12-5-6-13-14(9-12)27-8-7-26-13/h5-6,9-10,15H,4,7-8H2,1-3H3,(H,19,23)(H,24,25). The summed E-state index contributed by atoms with van der Waals surface area (Å²) in [6.07, 6.45) is 0.625. The van der Waals surface area contributed by atoms with Crippen LogP contribution in [0.15, 0.2) is 18.2 Å². The summed E-state index contributed by atoms with van der Waals surface area (Å²) in [5, 5.41) is 19.9. The molecule has 2 aromatic rings. The molecule has 9 heteroatoms. The molecule has 0 spiro atoms. The molecule has 0 bridgehead atoms. The molecular formula is C18H22N4O5. The highest BCUT2D eigenvalue weighted by molar-refractivity contribution is 5.95. The first kappa shape index (κ1) is 18.7. The van der Waals surface area contributed by atoms with Gasteiger partial charge in [-0.05, 0) is 25.0 Å². The fraction of sp³-hybridized carbons (Fsp3) is 0.444. The van der Waals surface area contributed by atoms with Crippen molar-refractivity contribution in [3.05, 3.63) is 29.6 Å². The molecule has 1 amide bonds. The van der Waals surface area contributed by atoms with E-state index < -0.39 is 17.9 Å². The number of fused-ring (bicyclic) bond motifs is 1. The van der Waals surface area contributed by atoms with Crippen molar-refractivity contribution in [2.24, 2.45) is 5.92 Å². The van der Waals surface area contributed by atoms with E-state index in [1.165, 1.54) is 4.68 Å². The normalized spacial score (nSPS) is 15.1. The topological polar surface area (TPSA) is 116 Å². The Kier molecular flexibility index (Phi) is 5.29. The van der Waals surface area contributed by atoms with E-state index in [0.29, 0.717) is 42.5 Å². The van der Waals surface area contributed by atoms with Gasteiger partial charge < -0.3 is 19.9 Å². The summed E-state index contributed by atoms with van der Waals surface area (Å²) in [5.74, 6) is -0.598. The predicted octanol–water partition coefficient (Wildman–Crippen LogP) is 1.58. The van der Waals surface area contributed by atoms with Gasteiger partial charge in [0.1, 0.15) is 19.3 Å². The van der Waals surface area contributed by atoms with Crippen molar-refractivity contribution in [2.75, 3.05) is 13.2 Å². The summed E-state index contributed by atoms with van der Waals surface area (Å²) in [4.78, 5) is 24.0. The minimum Gasteiger partial charge on any atom is -0.486 e. The zero-order valence-electron chi connectivity index (χ0n) is 15.4. The van der Waals surface area contributed by atoms with Crippen molar-refractivity contribution in [3.63, 3.8) is 0 Å². The van der Waals surface area contributed by atoms with Gasteiger partial charge >= 0.3 is 5.97 Å². The molecule has 9 nitrogen and oxygen atoms in total. The van der Waals surface area contributed by atoms with Crippen LogP contribution < -0.4 is 14.8 Å². The van der Waals surface area contributed by atoms with E-state index >= 15 is 0 Å². The summed E-state index contributed by atoms with van der Waals surface area (Å²) in [7, 11) is 0. The van der Waals surface area contributed by atoms with Crippen LogP contribution in [0.5, 0.6) is 11.5 Å². The van der Waals surface area contributed by atoms with Crippen molar-refractivity contribution >= 4 is 11.9 Å². The van der Waals surface area contributed by atoms with Gasteiger partial charge in [-0.1, -0.05) is 25.5 Å². The molecule has 2 N–H and O–H groups in total. The van der Waals surface area contributed by atoms with Crippen LogP contribution in [0, 0.1) is 12.8 Å². The second-order valence-electron chi connectivity index (χ2n) is 6.44. The number of carbonyl (C=O) groups excluding carboxylic acids is 1. The lowest BCUT2D eigenvalue weighted by Crippen LogP contribution is -2.45. The second kappa shape index (κ2) is 7.65. The summed E-state index contributed by atoms with van der Waals surface area (Å²) in [6.45, 7) is 6.31. The fourth-order valence-electron chi connectivity index (χ4n) is 2.84. The summed E-state index contributed by atoms with van der Waals surface area (Å²) >= 11 is 0. The number of nitrogens with zero attached hydrogens (tertiary/aromatic N) is 3. The smallest absolute Gasteiger partial charge is 0.326 e. The van der Waals surface area contributed by atoms with Gasteiger partial charge in [0.2, 0.25) is 0 Å². The third kappa shape index (κ3) is 3.71. The van der Waals surface area contributed by atoms with Crippen LogP contribution in [0.1, 0.15) is 36.5 Å². The molecule has 27 heavy (non-hydrogen) atoms. The van der Waals surface area contributed by atoms with E-state index in [1.807, 2.05) is 6.92 Å². The molecule has 2 unspecified atom stereocenters. The molecule has 1 aliphatic rings. The number of ether oxygens (including phenoxy) is 2. The first-order valence-electron chi connectivity index (χ1n) is 8.78. The first-order valence-corrected chi connectivity index (χ1v) is 8.78. The van der Waals surface area contributed by atoms with E-state index in [9.17, 15) is 14.7 Å². The lowest BCUT2D eigenvalue weighted by atomic mass is 9.99. The Bertz CT molecular complexity index is 863. The third-order valence-corrected chi connectivity index (χ3v) is 4.65. The number of hydrogen-bond donors (Lipinski definition) is 2. The molecule has 1 aromatic heterocycles. The molecule has 2 heterocycles. The van der Waals surface area contributed by atoms with Gasteiger partial charge in [-0.3, -0.25) is 4.79 Å². The van der Waals surface area contributed by atoms with Crippen molar-refractivity contribution in [2.45, 2.75) is 33.2 Å². The Morgan fingerprint density at radius 2 is 2.00 bits per heavy atom. The minimum absolute atomic E-state index is 0.0828. The lowest BCUT2D eigenvalue weighted by Gasteiger charge is -2.19. The Morgan fingerprint density at radius 1 is 1.30 bits per heavy atom. The van der Waals surface area contributed by atoms with Gasteiger partial charge in [0.15, 0.2) is 17.2 Å². The maximum Gasteiger partial charge on any atom is 0.326 e. The van der Waals surface area contributed by atoms with Gasteiger partial charge in [0.25, 0.3) is 5.91 Å². The van der Waals surface area contributed by atoms with Crippen molar-refractivity contribution in [3.8, 4) is 17.2 Å². The zero-order valence-corrected chi connectivity index (χ0v) is 15.4. The molecule has 0 fully saturated rings. The number of hydrogen-bond acceptors (Lipinski definition) is 6. The number of nitrogens with one attached hydrogen (secondary N) is 1. The van der Waals surface area contributed by atoms with E-state index in [2.05, 4.69) is 15.6 Å². The number of aromatic nitrogens is 3. The van der Waals surface area contributed by atoms with Gasteiger partial charge in [-0.15, -0.1) is 5.10 Å². The SMILES string of the molecule is CCC(C)C(NC(=O)c1nnn(-c2ccc3c(c2)OCCO3)c1C)C(=O)O. The lowest BCUT2D eigenvalue weighted by molar-refractivity contribution is -0.140. The van der Waals surface area contributed by atoms with Crippen LogP contribution in [0.3, 0.4) is 0 Å². The highest BCUT2D eigenvalue weighted by Crippen LogP contribution is 2.32. The molecule has 1 aromatic carbocycles. The number of aliphatic carboxylic acids is 1. The summed E-state index contributed by atoms with van der Waals surface area (Å²) in [5.41, 5.74) is 1.25. The average molecular weight is 374 g/mol. The first-order chi connectivity index (χ1) is 12.9. The minimum atomic E-state index is -1.07. The number of rotatable bonds is 6. The van der Waals surface area contributed by atoms with Gasteiger partial charge in [-0.2, -0.15) is 0 Å². The van der Waals surface area contributed by atoms with Crippen LogP contribution in [0.4, 0.5) is 0 Å². The largest absolute Gasteiger partial charge is 0.486 e. The monoisotopic (exact) mass is 374 g/mol. The molecule has 1 aliphatic heterocycles. The average Bonchev–Trinajstić information content (AvgIpc) is 3.06. The van der Waals surface area contributed by atoms with Gasteiger partial charge in [-0.25, -0.2) is 9.48 Å². The third-order valence-electron chi connectivity index (χ3n) is 4.65. The second-order valence-corrected chi connectivity index (χ2v) is 6.44. The van der Waals surface area contributed by atoms with E-state index in [-0.39, 0.29) is 11.6 Å². The number of amides is 1. The number of benzene rings is 1. The van der Waals surface area contributed by atoms with E-state index in [1.54, 1.807) is 32.0 Å².